The quantitative estimate of drug-likeness (QED) is 0.678. The Labute approximate surface area is 122 Å². The fraction of sp³-hybridized carbons (Fsp3) is 0.118. The molecule has 0 atom stereocenters. The van der Waals surface area contributed by atoms with Gasteiger partial charge in [0.15, 0.2) is 0 Å². The zero-order chi connectivity index (χ0) is 14.1. The van der Waals surface area contributed by atoms with E-state index in [1.54, 1.807) is 0 Å². The van der Waals surface area contributed by atoms with Crippen LogP contribution in [0.2, 0.25) is 5.02 Å². The molecule has 0 fully saturated rings. The van der Waals surface area contributed by atoms with E-state index in [0.717, 1.165) is 28.0 Å². The highest BCUT2D eigenvalue weighted by Crippen LogP contribution is 2.22. The van der Waals surface area contributed by atoms with Gasteiger partial charge in [-0.25, -0.2) is 0 Å². The molecule has 0 aliphatic heterocycles. The first-order valence-electron chi connectivity index (χ1n) is 6.41. The lowest BCUT2D eigenvalue weighted by Crippen LogP contribution is -2.00. The van der Waals surface area contributed by atoms with Gasteiger partial charge in [-0.2, -0.15) is 5.26 Å². The zero-order valence-electron chi connectivity index (χ0n) is 11.1. The molecule has 3 heteroatoms. The van der Waals surface area contributed by atoms with Gasteiger partial charge in [0, 0.05) is 28.7 Å². The van der Waals surface area contributed by atoms with Crippen molar-refractivity contribution in [1.82, 2.24) is 4.57 Å². The van der Waals surface area contributed by atoms with E-state index in [0.29, 0.717) is 5.56 Å². The number of benzene rings is 2. The molecule has 0 radical (unpaired) electrons. The summed E-state index contributed by atoms with van der Waals surface area (Å²) < 4.78 is 2.19. The SMILES string of the molecule is Cc1cc(C#N)ccc1Cn1ccc2cc(Cl)ccc21. The van der Waals surface area contributed by atoms with E-state index in [9.17, 15) is 0 Å². The predicted molar refractivity (Wildman–Crippen MR) is 81.9 cm³/mol. The van der Waals surface area contributed by atoms with Crippen molar-refractivity contribution in [3.8, 4) is 6.07 Å². The summed E-state index contributed by atoms with van der Waals surface area (Å²) in [6.07, 6.45) is 2.07. The summed E-state index contributed by atoms with van der Waals surface area (Å²) in [5.74, 6) is 0. The molecule has 20 heavy (non-hydrogen) atoms. The van der Waals surface area contributed by atoms with E-state index >= 15 is 0 Å². The summed E-state index contributed by atoms with van der Waals surface area (Å²) in [6.45, 7) is 2.83. The van der Waals surface area contributed by atoms with Gasteiger partial charge >= 0.3 is 0 Å². The standard InChI is InChI=1S/C17H13ClN2/c1-12-8-13(10-19)2-3-15(12)11-20-7-6-14-9-16(18)4-5-17(14)20/h2-9H,11H2,1H3. The maximum Gasteiger partial charge on any atom is 0.0991 e. The van der Waals surface area contributed by atoms with Crippen LogP contribution >= 0.6 is 11.6 Å². The molecule has 1 aromatic heterocycles. The van der Waals surface area contributed by atoms with Crippen LogP contribution in [0.15, 0.2) is 48.7 Å². The second-order valence-corrected chi connectivity index (χ2v) is 5.34. The van der Waals surface area contributed by atoms with Crippen LogP contribution in [0, 0.1) is 18.3 Å². The van der Waals surface area contributed by atoms with Crippen molar-refractivity contribution in [2.75, 3.05) is 0 Å². The summed E-state index contributed by atoms with van der Waals surface area (Å²) in [7, 11) is 0. The van der Waals surface area contributed by atoms with Gasteiger partial charge in [0.1, 0.15) is 0 Å². The topological polar surface area (TPSA) is 28.7 Å². The van der Waals surface area contributed by atoms with E-state index in [1.165, 1.54) is 5.56 Å². The van der Waals surface area contributed by atoms with E-state index in [-0.39, 0.29) is 0 Å². The molecule has 0 N–H and O–H groups in total. The number of hydrogen-bond acceptors (Lipinski definition) is 1. The maximum atomic E-state index is 8.91. The third-order valence-corrected chi connectivity index (χ3v) is 3.78. The molecule has 0 saturated heterocycles. The van der Waals surface area contributed by atoms with Crippen LogP contribution in [-0.4, -0.2) is 4.57 Å². The second kappa shape index (κ2) is 5.03. The fourth-order valence-corrected chi connectivity index (χ4v) is 2.62. The van der Waals surface area contributed by atoms with Gasteiger partial charge in [-0.1, -0.05) is 17.7 Å². The third kappa shape index (κ3) is 2.29. The summed E-state index contributed by atoms with van der Waals surface area (Å²) >= 11 is 6.01. The summed E-state index contributed by atoms with van der Waals surface area (Å²) in [6, 6.07) is 16.0. The van der Waals surface area contributed by atoms with Crippen molar-refractivity contribution in [3.05, 3.63) is 70.4 Å². The Morgan fingerprint density at radius 3 is 2.75 bits per heavy atom. The molecular formula is C17H13ClN2. The second-order valence-electron chi connectivity index (χ2n) is 4.90. The molecule has 2 aromatic carbocycles. The van der Waals surface area contributed by atoms with Crippen LogP contribution in [0.1, 0.15) is 16.7 Å². The zero-order valence-corrected chi connectivity index (χ0v) is 11.9. The Bertz CT molecular complexity index is 825. The van der Waals surface area contributed by atoms with Gasteiger partial charge in [-0.15, -0.1) is 0 Å². The number of nitrogens with zero attached hydrogens (tertiary/aromatic N) is 2. The number of fused-ring (bicyclic) bond motifs is 1. The Hall–Kier alpha value is -2.24. The average molecular weight is 281 g/mol. The van der Waals surface area contributed by atoms with Crippen molar-refractivity contribution >= 4 is 22.5 Å². The molecule has 0 spiro atoms. The van der Waals surface area contributed by atoms with Gasteiger partial charge in [-0.05, 0) is 54.4 Å². The molecule has 0 aliphatic rings. The van der Waals surface area contributed by atoms with Crippen LogP contribution < -0.4 is 0 Å². The van der Waals surface area contributed by atoms with Crippen molar-refractivity contribution in [2.24, 2.45) is 0 Å². The van der Waals surface area contributed by atoms with E-state index in [1.807, 2.05) is 43.3 Å². The Morgan fingerprint density at radius 1 is 1.15 bits per heavy atom. The Morgan fingerprint density at radius 2 is 2.00 bits per heavy atom. The van der Waals surface area contributed by atoms with E-state index in [2.05, 4.69) is 22.9 Å². The molecule has 0 saturated carbocycles. The van der Waals surface area contributed by atoms with Crippen LogP contribution in [0.5, 0.6) is 0 Å². The van der Waals surface area contributed by atoms with Gasteiger partial charge in [-0.3, -0.25) is 0 Å². The first-order valence-corrected chi connectivity index (χ1v) is 6.79. The molecule has 3 aromatic rings. The molecule has 3 rings (SSSR count). The van der Waals surface area contributed by atoms with Crippen LogP contribution in [-0.2, 0) is 6.54 Å². The highest BCUT2D eigenvalue weighted by atomic mass is 35.5. The van der Waals surface area contributed by atoms with Crippen LogP contribution in [0.25, 0.3) is 10.9 Å². The van der Waals surface area contributed by atoms with Crippen molar-refractivity contribution in [1.29, 1.82) is 5.26 Å². The van der Waals surface area contributed by atoms with Gasteiger partial charge in [0.05, 0.1) is 11.6 Å². The monoisotopic (exact) mass is 280 g/mol. The Balaban J connectivity index is 1.99. The first kappa shape index (κ1) is 12.8. The molecule has 0 amide bonds. The summed E-state index contributed by atoms with van der Waals surface area (Å²) in [5.41, 5.74) is 4.23. The molecule has 0 unspecified atom stereocenters. The largest absolute Gasteiger partial charge is 0.343 e. The predicted octanol–water partition coefficient (Wildman–Crippen LogP) is 4.52. The minimum atomic E-state index is 0.704. The highest BCUT2D eigenvalue weighted by Gasteiger charge is 2.05. The fourth-order valence-electron chi connectivity index (χ4n) is 2.44. The minimum absolute atomic E-state index is 0.704. The van der Waals surface area contributed by atoms with Crippen molar-refractivity contribution < 1.29 is 0 Å². The first-order chi connectivity index (χ1) is 9.67. The lowest BCUT2D eigenvalue weighted by Gasteiger charge is -2.09. The lowest BCUT2D eigenvalue weighted by molar-refractivity contribution is 0.830. The molecule has 0 aliphatic carbocycles. The molecular weight excluding hydrogens is 268 g/mol. The molecule has 98 valence electrons. The van der Waals surface area contributed by atoms with Gasteiger partial charge in [0.2, 0.25) is 0 Å². The number of halogens is 1. The number of hydrogen-bond donors (Lipinski definition) is 0. The highest BCUT2D eigenvalue weighted by molar-refractivity contribution is 6.31. The summed E-state index contributed by atoms with van der Waals surface area (Å²) in [5, 5.41) is 10.8. The minimum Gasteiger partial charge on any atom is -0.343 e. The van der Waals surface area contributed by atoms with Crippen molar-refractivity contribution in [3.63, 3.8) is 0 Å². The van der Waals surface area contributed by atoms with Crippen LogP contribution in [0.4, 0.5) is 0 Å². The van der Waals surface area contributed by atoms with E-state index in [4.69, 9.17) is 16.9 Å². The van der Waals surface area contributed by atoms with Crippen molar-refractivity contribution in [2.45, 2.75) is 13.5 Å². The number of rotatable bonds is 2. The summed E-state index contributed by atoms with van der Waals surface area (Å²) in [4.78, 5) is 0. The normalized spacial score (nSPS) is 10.7. The smallest absolute Gasteiger partial charge is 0.0991 e. The maximum absolute atomic E-state index is 8.91. The molecule has 1 heterocycles. The molecule has 2 nitrogen and oxygen atoms in total. The number of aryl methyl sites for hydroxylation is 1. The van der Waals surface area contributed by atoms with Gasteiger partial charge in [0.25, 0.3) is 0 Å². The van der Waals surface area contributed by atoms with E-state index < -0.39 is 0 Å². The lowest BCUT2D eigenvalue weighted by atomic mass is 10.1. The number of nitriles is 1. The van der Waals surface area contributed by atoms with Crippen LogP contribution in [0.3, 0.4) is 0 Å². The van der Waals surface area contributed by atoms with Gasteiger partial charge < -0.3 is 4.57 Å². The third-order valence-electron chi connectivity index (χ3n) is 3.55. The number of aromatic nitrogens is 1. The molecule has 0 bridgehead atoms. The Kier molecular flexibility index (Phi) is 3.22. The average Bonchev–Trinajstić information content (AvgIpc) is 2.83.